The van der Waals surface area contributed by atoms with Gasteiger partial charge in [-0.25, -0.2) is 0 Å². The molecule has 1 fully saturated rings. The molecule has 1 atom stereocenters. The van der Waals surface area contributed by atoms with Crippen LogP contribution in [0.5, 0.6) is 11.5 Å². The summed E-state index contributed by atoms with van der Waals surface area (Å²) in [5.74, 6) is 2.51. The van der Waals surface area contributed by atoms with Gasteiger partial charge < -0.3 is 18.9 Å². The molecule has 1 aromatic heterocycles. The Kier molecular flexibility index (Phi) is 5.93. The summed E-state index contributed by atoms with van der Waals surface area (Å²) in [5.41, 5.74) is 4.34. The lowest BCUT2D eigenvalue weighted by molar-refractivity contribution is -0.127. The summed E-state index contributed by atoms with van der Waals surface area (Å²) in [7, 11) is 3.23. The third-order valence-electron chi connectivity index (χ3n) is 5.75. The van der Waals surface area contributed by atoms with Gasteiger partial charge in [0.15, 0.2) is 11.5 Å². The van der Waals surface area contributed by atoms with E-state index in [-0.39, 0.29) is 11.8 Å². The summed E-state index contributed by atoms with van der Waals surface area (Å²) in [5, 5.41) is 4.16. The lowest BCUT2D eigenvalue weighted by Gasteiger charge is -2.16. The predicted molar refractivity (Wildman–Crippen MR) is 116 cm³/mol. The van der Waals surface area contributed by atoms with Crippen LogP contribution in [0.25, 0.3) is 11.4 Å². The van der Waals surface area contributed by atoms with Gasteiger partial charge in [0, 0.05) is 25.1 Å². The number of hydrogen-bond acceptors (Lipinski definition) is 6. The average Bonchev–Trinajstić information content (AvgIpc) is 3.39. The number of aromatic nitrogens is 2. The number of ether oxygens (including phenoxy) is 2. The Balaban J connectivity index is 1.41. The Morgan fingerprint density at radius 1 is 1.10 bits per heavy atom. The molecule has 4 rings (SSSR count). The maximum absolute atomic E-state index is 12.6. The molecule has 1 aliphatic rings. The summed E-state index contributed by atoms with van der Waals surface area (Å²) in [6, 6.07) is 12.0. The number of carbonyl (C=O) groups excluding carboxylic acids is 1. The fraction of sp³-hybridized carbons (Fsp3) is 0.375. The lowest BCUT2D eigenvalue weighted by Crippen LogP contribution is -2.27. The van der Waals surface area contributed by atoms with Gasteiger partial charge in [0.1, 0.15) is 0 Å². The molecule has 2 heterocycles. The maximum Gasteiger partial charge on any atom is 0.232 e. The SMILES string of the molecule is COc1ccc(CCN2CC(c3nc(-c4ccc(C)cc4C)no3)CC2=O)cc1OC. The molecule has 7 nitrogen and oxygen atoms in total. The van der Waals surface area contributed by atoms with E-state index in [1.165, 1.54) is 5.56 Å². The topological polar surface area (TPSA) is 77.7 Å². The zero-order valence-electron chi connectivity index (χ0n) is 18.3. The Labute approximate surface area is 182 Å². The van der Waals surface area contributed by atoms with Crippen molar-refractivity contribution in [2.24, 2.45) is 0 Å². The number of aryl methyl sites for hydroxylation is 2. The molecular weight excluding hydrogens is 394 g/mol. The van der Waals surface area contributed by atoms with Gasteiger partial charge in [-0.1, -0.05) is 35.0 Å². The van der Waals surface area contributed by atoms with E-state index in [2.05, 4.69) is 23.1 Å². The van der Waals surface area contributed by atoms with E-state index >= 15 is 0 Å². The second-order valence-corrected chi connectivity index (χ2v) is 7.95. The predicted octanol–water partition coefficient (Wildman–Crippen LogP) is 3.93. The molecule has 7 heteroatoms. The molecule has 0 N–H and O–H groups in total. The zero-order valence-corrected chi connectivity index (χ0v) is 18.3. The van der Waals surface area contributed by atoms with Crippen LogP contribution in [0.4, 0.5) is 0 Å². The molecule has 1 amide bonds. The van der Waals surface area contributed by atoms with Gasteiger partial charge in [0.25, 0.3) is 0 Å². The largest absolute Gasteiger partial charge is 0.493 e. The molecule has 0 bridgehead atoms. The fourth-order valence-electron chi connectivity index (χ4n) is 4.03. The van der Waals surface area contributed by atoms with E-state index in [0.717, 1.165) is 23.1 Å². The molecule has 0 saturated carbocycles. The summed E-state index contributed by atoms with van der Waals surface area (Å²) < 4.78 is 16.2. The van der Waals surface area contributed by atoms with Gasteiger partial charge in [-0.05, 0) is 43.5 Å². The van der Waals surface area contributed by atoms with Crippen molar-refractivity contribution >= 4 is 5.91 Å². The average molecular weight is 421 g/mol. The number of hydrogen-bond donors (Lipinski definition) is 0. The minimum Gasteiger partial charge on any atom is -0.493 e. The molecule has 2 aromatic carbocycles. The molecule has 0 aliphatic carbocycles. The highest BCUT2D eigenvalue weighted by Crippen LogP contribution is 2.31. The lowest BCUT2D eigenvalue weighted by atomic mass is 10.1. The molecule has 3 aromatic rings. The highest BCUT2D eigenvalue weighted by molar-refractivity contribution is 5.79. The molecule has 1 saturated heterocycles. The number of benzene rings is 2. The second-order valence-electron chi connectivity index (χ2n) is 7.95. The van der Waals surface area contributed by atoms with Crippen molar-refractivity contribution in [3.05, 3.63) is 59.0 Å². The van der Waals surface area contributed by atoms with Crippen molar-refractivity contribution in [1.82, 2.24) is 15.0 Å². The van der Waals surface area contributed by atoms with Crippen molar-refractivity contribution < 1.29 is 18.8 Å². The summed E-state index contributed by atoms with van der Waals surface area (Å²) in [6.07, 6.45) is 1.12. The first kappa shape index (κ1) is 20.9. The van der Waals surface area contributed by atoms with Crippen LogP contribution >= 0.6 is 0 Å². The van der Waals surface area contributed by atoms with Crippen LogP contribution in [0.2, 0.25) is 0 Å². The van der Waals surface area contributed by atoms with Crippen molar-refractivity contribution in [1.29, 1.82) is 0 Å². The number of amides is 1. The number of rotatable bonds is 7. The highest BCUT2D eigenvalue weighted by atomic mass is 16.5. The van der Waals surface area contributed by atoms with E-state index in [1.807, 2.05) is 42.2 Å². The van der Waals surface area contributed by atoms with Crippen LogP contribution in [0.3, 0.4) is 0 Å². The molecule has 0 spiro atoms. The Morgan fingerprint density at radius 2 is 1.90 bits per heavy atom. The van der Waals surface area contributed by atoms with Gasteiger partial charge in [-0.2, -0.15) is 4.98 Å². The zero-order chi connectivity index (χ0) is 22.0. The number of methoxy groups -OCH3 is 2. The Hall–Kier alpha value is -3.35. The third-order valence-corrected chi connectivity index (χ3v) is 5.75. The molecular formula is C24H27N3O4. The minimum atomic E-state index is -0.0788. The first-order chi connectivity index (χ1) is 15.0. The standard InChI is InChI=1S/C24H27N3O4/c1-15-5-7-19(16(2)11-15)23-25-24(31-26-23)18-13-22(28)27(14-18)10-9-17-6-8-20(29-3)21(12-17)30-4/h5-8,11-12,18H,9-10,13-14H2,1-4H3. The monoisotopic (exact) mass is 421 g/mol. The van der Waals surface area contributed by atoms with Crippen LogP contribution in [-0.2, 0) is 11.2 Å². The van der Waals surface area contributed by atoms with Crippen LogP contribution < -0.4 is 9.47 Å². The van der Waals surface area contributed by atoms with E-state index in [1.54, 1.807) is 14.2 Å². The van der Waals surface area contributed by atoms with Gasteiger partial charge in [-0.15, -0.1) is 0 Å². The summed E-state index contributed by atoms with van der Waals surface area (Å²) >= 11 is 0. The van der Waals surface area contributed by atoms with E-state index in [9.17, 15) is 4.79 Å². The van der Waals surface area contributed by atoms with Gasteiger partial charge in [0.2, 0.25) is 17.6 Å². The van der Waals surface area contributed by atoms with E-state index in [0.29, 0.717) is 42.7 Å². The molecule has 0 radical (unpaired) electrons. The van der Waals surface area contributed by atoms with Crippen LogP contribution in [0, 0.1) is 13.8 Å². The van der Waals surface area contributed by atoms with Crippen molar-refractivity contribution in [3.8, 4) is 22.9 Å². The van der Waals surface area contributed by atoms with Crippen molar-refractivity contribution in [3.63, 3.8) is 0 Å². The third kappa shape index (κ3) is 4.40. The van der Waals surface area contributed by atoms with Crippen molar-refractivity contribution in [2.75, 3.05) is 27.3 Å². The summed E-state index contributed by atoms with van der Waals surface area (Å²) in [6.45, 7) is 5.30. The van der Waals surface area contributed by atoms with Gasteiger partial charge in [0.05, 0.1) is 20.1 Å². The smallest absolute Gasteiger partial charge is 0.232 e. The number of nitrogens with zero attached hydrogens (tertiary/aromatic N) is 3. The quantitative estimate of drug-likeness (QED) is 0.575. The van der Waals surface area contributed by atoms with Crippen molar-refractivity contribution in [2.45, 2.75) is 32.6 Å². The molecule has 31 heavy (non-hydrogen) atoms. The Bertz CT molecular complexity index is 1090. The molecule has 1 unspecified atom stereocenters. The minimum absolute atomic E-state index is 0.0788. The fourth-order valence-corrected chi connectivity index (χ4v) is 4.03. The number of carbonyl (C=O) groups is 1. The molecule has 162 valence electrons. The van der Waals surface area contributed by atoms with Crippen LogP contribution in [0.15, 0.2) is 40.9 Å². The first-order valence-electron chi connectivity index (χ1n) is 10.4. The van der Waals surface area contributed by atoms with E-state index < -0.39 is 0 Å². The molecule has 1 aliphatic heterocycles. The van der Waals surface area contributed by atoms with E-state index in [4.69, 9.17) is 14.0 Å². The maximum atomic E-state index is 12.6. The highest BCUT2D eigenvalue weighted by Gasteiger charge is 2.34. The summed E-state index contributed by atoms with van der Waals surface area (Å²) in [4.78, 5) is 19.0. The Morgan fingerprint density at radius 3 is 2.65 bits per heavy atom. The van der Waals surface area contributed by atoms with Gasteiger partial charge >= 0.3 is 0 Å². The first-order valence-corrected chi connectivity index (χ1v) is 10.4. The normalized spacial score (nSPS) is 16.1. The van der Waals surface area contributed by atoms with Gasteiger partial charge in [-0.3, -0.25) is 4.79 Å². The number of likely N-dealkylation sites (tertiary alicyclic amines) is 1. The second kappa shape index (κ2) is 8.79. The van der Waals surface area contributed by atoms with Crippen LogP contribution in [0.1, 0.15) is 34.9 Å². The van der Waals surface area contributed by atoms with Crippen LogP contribution in [-0.4, -0.2) is 48.3 Å².